The lowest BCUT2D eigenvalue weighted by molar-refractivity contribution is -0.136. The van der Waals surface area contributed by atoms with Crippen LogP contribution in [0.1, 0.15) is 5.56 Å². The largest absolute Gasteiger partial charge is 0.481 e. The SMILES string of the molecule is O=C(O)Cc1c(F)cccc1-c1ccc(Cl)cc1Cl. The molecule has 0 aliphatic rings. The second-order valence-corrected chi connectivity index (χ2v) is 4.80. The number of carbonyl (C=O) groups is 1. The smallest absolute Gasteiger partial charge is 0.307 e. The van der Waals surface area contributed by atoms with Gasteiger partial charge in [0, 0.05) is 21.2 Å². The Labute approximate surface area is 119 Å². The molecule has 19 heavy (non-hydrogen) atoms. The van der Waals surface area contributed by atoms with E-state index in [4.69, 9.17) is 28.3 Å². The fourth-order valence-electron chi connectivity index (χ4n) is 1.85. The standard InChI is InChI=1S/C14H9Cl2FO2/c15-8-4-5-10(12(16)6-8)9-2-1-3-13(17)11(9)7-14(18)19/h1-6H,7H2,(H,18,19). The molecule has 0 radical (unpaired) electrons. The van der Waals surface area contributed by atoms with Crippen LogP contribution in [0.5, 0.6) is 0 Å². The summed E-state index contributed by atoms with van der Waals surface area (Å²) in [5.41, 5.74) is 1.13. The number of benzene rings is 2. The van der Waals surface area contributed by atoms with Crippen LogP contribution in [0.3, 0.4) is 0 Å². The van der Waals surface area contributed by atoms with Gasteiger partial charge in [0.2, 0.25) is 0 Å². The maximum absolute atomic E-state index is 13.8. The Morgan fingerprint density at radius 1 is 1.16 bits per heavy atom. The molecule has 0 saturated carbocycles. The number of rotatable bonds is 3. The Morgan fingerprint density at radius 3 is 2.53 bits per heavy atom. The maximum Gasteiger partial charge on any atom is 0.307 e. The Balaban J connectivity index is 2.61. The van der Waals surface area contributed by atoms with Gasteiger partial charge in [0.1, 0.15) is 5.82 Å². The van der Waals surface area contributed by atoms with E-state index in [1.165, 1.54) is 18.2 Å². The van der Waals surface area contributed by atoms with Gasteiger partial charge in [0.05, 0.1) is 6.42 Å². The molecule has 98 valence electrons. The van der Waals surface area contributed by atoms with Crippen LogP contribution < -0.4 is 0 Å². The van der Waals surface area contributed by atoms with E-state index in [1.807, 2.05) is 0 Å². The molecule has 0 aromatic heterocycles. The minimum atomic E-state index is -1.10. The fourth-order valence-corrected chi connectivity index (χ4v) is 2.36. The Kier molecular flexibility index (Phi) is 4.08. The lowest BCUT2D eigenvalue weighted by atomic mass is 9.97. The molecule has 2 aromatic carbocycles. The average Bonchev–Trinajstić information content (AvgIpc) is 2.32. The lowest BCUT2D eigenvalue weighted by Crippen LogP contribution is -2.04. The topological polar surface area (TPSA) is 37.3 Å². The van der Waals surface area contributed by atoms with Gasteiger partial charge in [-0.2, -0.15) is 0 Å². The van der Waals surface area contributed by atoms with Crippen molar-refractivity contribution in [2.45, 2.75) is 6.42 Å². The van der Waals surface area contributed by atoms with Gasteiger partial charge >= 0.3 is 5.97 Å². The van der Waals surface area contributed by atoms with Crippen molar-refractivity contribution in [2.75, 3.05) is 0 Å². The van der Waals surface area contributed by atoms with Gasteiger partial charge in [-0.05, 0) is 23.8 Å². The highest BCUT2D eigenvalue weighted by Crippen LogP contribution is 2.33. The third kappa shape index (κ3) is 3.06. The first-order chi connectivity index (χ1) is 8.99. The normalized spacial score (nSPS) is 10.5. The molecular formula is C14H9Cl2FO2. The molecule has 0 aliphatic heterocycles. The molecule has 0 bridgehead atoms. The van der Waals surface area contributed by atoms with E-state index >= 15 is 0 Å². The number of aliphatic carboxylic acids is 1. The molecule has 5 heteroatoms. The van der Waals surface area contributed by atoms with Crippen LogP contribution in [0.4, 0.5) is 4.39 Å². The molecule has 0 amide bonds. The van der Waals surface area contributed by atoms with E-state index in [0.29, 0.717) is 21.2 Å². The molecule has 0 fully saturated rings. The van der Waals surface area contributed by atoms with Crippen LogP contribution in [0.2, 0.25) is 10.0 Å². The summed E-state index contributed by atoms with van der Waals surface area (Å²) in [6.45, 7) is 0. The first-order valence-electron chi connectivity index (χ1n) is 5.43. The molecule has 0 spiro atoms. The van der Waals surface area contributed by atoms with E-state index in [1.54, 1.807) is 18.2 Å². The molecule has 0 atom stereocenters. The van der Waals surface area contributed by atoms with Crippen molar-refractivity contribution in [1.82, 2.24) is 0 Å². The maximum atomic E-state index is 13.8. The molecule has 0 heterocycles. The van der Waals surface area contributed by atoms with Gasteiger partial charge in [0.25, 0.3) is 0 Å². The highest BCUT2D eigenvalue weighted by Gasteiger charge is 2.15. The Morgan fingerprint density at radius 2 is 1.89 bits per heavy atom. The summed E-state index contributed by atoms with van der Waals surface area (Å²) in [6, 6.07) is 9.18. The Bertz CT molecular complexity index is 641. The van der Waals surface area contributed by atoms with Crippen LogP contribution in [-0.4, -0.2) is 11.1 Å². The molecule has 2 rings (SSSR count). The highest BCUT2D eigenvalue weighted by atomic mass is 35.5. The van der Waals surface area contributed by atoms with E-state index in [9.17, 15) is 9.18 Å². The average molecular weight is 299 g/mol. The quantitative estimate of drug-likeness (QED) is 0.910. The summed E-state index contributed by atoms with van der Waals surface area (Å²) >= 11 is 11.9. The molecule has 0 unspecified atom stereocenters. The third-order valence-corrected chi connectivity index (χ3v) is 3.22. The molecule has 2 nitrogen and oxygen atoms in total. The fraction of sp³-hybridized carbons (Fsp3) is 0.0714. The first kappa shape index (κ1) is 13.8. The van der Waals surface area contributed by atoms with E-state index < -0.39 is 18.2 Å². The van der Waals surface area contributed by atoms with Gasteiger partial charge in [-0.15, -0.1) is 0 Å². The second-order valence-electron chi connectivity index (χ2n) is 3.96. The van der Waals surface area contributed by atoms with Crippen molar-refractivity contribution in [3.05, 3.63) is 57.8 Å². The summed E-state index contributed by atoms with van der Waals surface area (Å²) < 4.78 is 13.8. The lowest BCUT2D eigenvalue weighted by Gasteiger charge is -2.11. The number of halogens is 3. The van der Waals surface area contributed by atoms with Crippen LogP contribution in [0, 0.1) is 5.82 Å². The van der Waals surface area contributed by atoms with Crippen LogP contribution >= 0.6 is 23.2 Å². The minimum Gasteiger partial charge on any atom is -0.481 e. The van der Waals surface area contributed by atoms with Crippen molar-refractivity contribution in [3.8, 4) is 11.1 Å². The van der Waals surface area contributed by atoms with Gasteiger partial charge in [-0.3, -0.25) is 4.79 Å². The summed E-state index contributed by atoms with van der Waals surface area (Å²) in [5.74, 6) is -1.66. The van der Waals surface area contributed by atoms with Crippen molar-refractivity contribution in [2.24, 2.45) is 0 Å². The summed E-state index contributed by atoms with van der Waals surface area (Å²) in [6.07, 6.45) is -0.402. The van der Waals surface area contributed by atoms with Gasteiger partial charge in [0.15, 0.2) is 0 Å². The summed E-state index contributed by atoms with van der Waals surface area (Å²) in [4.78, 5) is 10.8. The minimum absolute atomic E-state index is 0.110. The number of hydrogen-bond acceptors (Lipinski definition) is 1. The molecule has 1 N–H and O–H groups in total. The van der Waals surface area contributed by atoms with Gasteiger partial charge < -0.3 is 5.11 Å². The van der Waals surface area contributed by atoms with Crippen molar-refractivity contribution < 1.29 is 14.3 Å². The molecule has 2 aromatic rings. The van der Waals surface area contributed by atoms with Gasteiger partial charge in [-0.25, -0.2) is 4.39 Å². The van der Waals surface area contributed by atoms with E-state index in [0.717, 1.165) is 0 Å². The first-order valence-corrected chi connectivity index (χ1v) is 6.19. The molecular weight excluding hydrogens is 290 g/mol. The monoisotopic (exact) mass is 298 g/mol. The zero-order chi connectivity index (χ0) is 14.0. The Hall–Kier alpha value is -1.58. The summed E-state index contributed by atoms with van der Waals surface area (Å²) in [7, 11) is 0. The van der Waals surface area contributed by atoms with E-state index in [-0.39, 0.29) is 5.56 Å². The van der Waals surface area contributed by atoms with Crippen molar-refractivity contribution >= 4 is 29.2 Å². The number of carboxylic acids is 1. The molecule has 0 saturated heterocycles. The molecule has 0 aliphatic carbocycles. The van der Waals surface area contributed by atoms with E-state index in [2.05, 4.69) is 0 Å². The summed E-state index contributed by atoms with van der Waals surface area (Å²) in [5, 5.41) is 9.67. The second kappa shape index (κ2) is 5.59. The van der Waals surface area contributed by atoms with Crippen LogP contribution in [0.15, 0.2) is 36.4 Å². The number of carboxylic acid groups (broad SMARTS) is 1. The third-order valence-electron chi connectivity index (χ3n) is 2.67. The predicted molar refractivity (Wildman–Crippen MR) is 73.2 cm³/mol. The zero-order valence-electron chi connectivity index (χ0n) is 9.66. The zero-order valence-corrected chi connectivity index (χ0v) is 11.2. The highest BCUT2D eigenvalue weighted by molar-refractivity contribution is 6.36. The van der Waals surface area contributed by atoms with Gasteiger partial charge in [-0.1, -0.05) is 41.4 Å². The van der Waals surface area contributed by atoms with Crippen molar-refractivity contribution in [3.63, 3.8) is 0 Å². The predicted octanol–water partition coefficient (Wildman–Crippen LogP) is 4.43. The number of hydrogen-bond donors (Lipinski definition) is 1. The van der Waals surface area contributed by atoms with Crippen LogP contribution in [0.25, 0.3) is 11.1 Å². The van der Waals surface area contributed by atoms with Crippen molar-refractivity contribution in [1.29, 1.82) is 0 Å². The van der Waals surface area contributed by atoms with Crippen LogP contribution in [-0.2, 0) is 11.2 Å².